The van der Waals surface area contributed by atoms with Gasteiger partial charge in [-0.1, -0.05) is 67.8 Å². The van der Waals surface area contributed by atoms with E-state index in [9.17, 15) is 14.7 Å². The average molecular weight is 615 g/mol. The summed E-state index contributed by atoms with van der Waals surface area (Å²) in [6.07, 6.45) is 6.77. The second-order valence-electron chi connectivity index (χ2n) is 12.3. The van der Waals surface area contributed by atoms with Crippen LogP contribution in [-0.2, 0) is 24.2 Å². The van der Waals surface area contributed by atoms with Crippen LogP contribution in [0.5, 0.6) is 5.75 Å². The average Bonchev–Trinajstić information content (AvgIpc) is 3.24. The Morgan fingerprint density at radius 3 is 2.43 bits per heavy atom. The van der Waals surface area contributed by atoms with Crippen molar-refractivity contribution in [3.05, 3.63) is 99.2 Å². The molecule has 4 aromatic rings. The highest BCUT2D eigenvalue weighted by Gasteiger charge is 2.23. The van der Waals surface area contributed by atoms with Gasteiger partial charge in [-0.05, 0) is 105 Å². The Balaban J connectivity index is 1.41. The second-order valence-corrected chi connectivity index (χ2v) is 12.7. The van der Waals surface area contributed by atoms with E-state index in [1.807, 2.05) is 31.2 Å². The number of aromatic nitrogens is 1. The van der Waals surface area contributed by atoms with Gasteiger partial charge in [0.05, 0.1) is 11.1 Å². The van der Waals surface area contributed by atoms with E-state index >= 15 is 0 Å². The Labute approximate surface area is 265 Å². The van der Waals surface area contributed by atoms with E-state index in [2.05, 4.69) is 54.1 Å². The predicted molar refractivity (Wildman–Crippen MR) is 177 cm³/mol. The Morgan fingerprint density at radius 1 is 1.05 bits per heavy atom. The third-order valence-corrected chi connectivity index (χ3v) is 9.37. The maximum atomic E-state index is 13.5. The molecule has 6 nitrogen and oxygen atoms in total. The molecule has 0 saturated heterocycles. The number of ether oxygens (including phenoxy) is 1. The maximum absolute atomic E-state index is 13.5. The highest BCUT2D eigenvalue weighted by Crippen LogP contribution is 2.35. The molecular formula is C37H43ClN2O4. The number of rotatable bonds is 13. The van der Waals surface area contributed by atoms with Crippen molar-refractivity contribution >= 4 is 34.4 Å². The summed E-state index contributed by atoms with van der Waals surface area (Å²) in [5.74, 6) is -0.130. The molecule has 232 valence electrons. The number of aliphatic carboxylic acids is 1. The molecule has 44 heavy (non-hydrogen) atoms. The number of carboxylic acids is 1. The zero-order valence-electron chi connectivity index (χ0n) is 26.2. The predicted octanol–water partition coefficient (Wildman–Crippen LogP) is 8.68. The molecular weight excluding hydrogens is 572 g/mol. The highest BCUT2D eigenvalue weighted by atomic mass is 35.5. The number of carboxylic acid groups (broad SMARTS) is 1. The minimum atomic E-state index is -1.05. The monoisotopic (exact) mass is 614 g/mol. The summed E-state index contributed by atoms with van der Waals surface area (Å²) in [4.78, 5) is 24.8. The Morgan fingerprint density at radius 2 is 1.77 bits per heavy atom. The van der Waals surface area contributed by atoms with Crippen molar-refractivity contribution in [3.63, 3.8) is 0 Å². The lowest BCUT2D eigenvalue weighted by Crippen LogP contribution is -2.26. The third-order valence-electron chi connectivity index (χ3n) is 9.06. The lowest BCUT2D eigenvalue weighted by Gasteiger charge is -2.27. The van der Waals surface area contributed by atoms with Crippen molar-refractivity contribution in [2.24, 2.45) is 5.92 Å². The van der Waals surface area contributed by atoms with Gasteiger partial charge in [-0.3, -0.25) is 4.79 Å². The summed E-state index contributed by atoms with van der Waals surface area (Å²) in [6, 6.07) is 20.0. The zero-order chi connectivity index (χ0) is 31.4. The number of unbranched alkanes of at least 4 members (excludes halogenated alkanes) is 1. The first-order valence-corrected chi connectivity index (χ1v) is 16.2. The van der Waals surface area contributed by atoms with Crippen molar-refractivity contribution in [3.8, 4) is 5.75 Å². The SMILES string of the molecule is CCCCc1ccc([C@H](C)NC(=O)c2ccc3c(Cc4ccc(Cl)c(OC(C)C(=O)O)c4)c(C)n(CC4CCC4)c3c2)cc1. The molecule has 0 radical (unpaired) electrons. The number of aryl methyl sites for hydroxylation is 1. The second kappa shape index (κ2) is 13.9. The molecule has 2 atom stereocenters. The Bertz CT molecular complexity index is 1640. The largest absolute Gasteiger partial charge is 0.479 e. The number of halogens is 1. The minimum Gasteiger partial charge on any atom is -0.479 e. The summed E-state index contributed by atoms with van der Waals surface area (Å²) >= 11 is 6.35. The summed E-state index contributed by atoms with van der Waals surface area (Å²) in [6.45, 7) is 8.80. The number of carbonyl (C=O) groups is 2. The number of hydrogen-bond acceptors (Lipinski definition) is 3. The van der Waals surface area contributed by atoms with Gasteiger partial charge in [0, 0.05) is 28.7 Å². The molecule has 1 saturated carbocycles. The standard InChI is InChI=1S/C37H43ClN2O4/c1-5-6-8-26-11-14-29(15-12-26)23(2)39-36(41)30-16-17-31-32(24(3)40(34(31)21-30)22-27-9-7-10-27)19-28-13-18-33(38)35(20-28)44-25(4)37(42)43/h11-18,20-21,23,25,27H,5-10,19,22H2,1-4H3,(H,39,41)(H,42,43)/t23-,25?/m0/s1. The normalized spacial score (nSPS) is 14.7. The number of nitrogens with one attached hydrogen (secondary N) is 1. The molecule has 7 heteroatoms. The number of benzene rings is 3. The van der Waals surface area contributed by atoms with Crippen LogP contribution in [-0.4, -0.2) is 27.7 Å². The van der Waals surface area contributed by atoms with E-state index in [0.717, 1.165) is 35.0 Å². The van der Waals surface area contributed by atoms with Crippen LogP contribution in [0.3, 0.4) is 0 Å². The van der Waals surface area contributed by atoms with E-state index in [1.54, 1.807) is 6.07 Å². The number of amides is 1. The van der Waals surface area contributed by atoms with Gasteiger partial charge < -0.3 is 19.7 Å². The summed E-state index contributed by atoms with van der Waals surface area (Å²) in [5.41, 5.74) is 7.47. The minimum absolute atomic E-state index is 0.0860. The molecule has 5 rings (SSSR count). The van der Waals surface area contributed by atoms with E-state index in [-0.39, 0.29) is 11.9 Å². The first-order valence-electron chi connectivity index (χ1n) is 15.8. The molecule has 1 fully saturated rings. The fourth-order valence-electron chi connectivity index (χ4n) is 5.99. The van der Waals surface area contributed by atoms with Crippen LogP contribution in [0.15, 0.2) is 60.7 Å². The molecule has 0 spiro atoms. The fourth-order valence-corrected chi connectivity index (χ4v) is 6.15. The zero-order valence-corrected chi connectivity index (χ0v) is 26.9. The van der Waals surface area contributed by atoms with Crippen LogP contribution in [0.1, 0.15) is 97.2 Å². The molecule has 1 unspecified atom stereocenters. The van der Waals surface area contributed by atoms with Gasteiger partial charge in [-0.15, -0.1) is 0 Å². The molecule has 1 aliphatic rings. The van der Waals surface area contributed by atoms with Gasteiger partial charge in [0.25, 0.3) is 5.91 Å². The van der Waals surface area contributed by atoms with Gasteiger partial charge in [-0.2, -0.15) is 0 Å². The van der Waals surface area contributed by atoms with Crippen molar-refractivity contribution in [1.29, 1.82) is 0 Å². The molecule has 0 bridgehead atoms. The molecule has 3 aromatic carbocycles. The van der Waals surface area contributed by atoms with Crippen LogP contribution in [0.2, 0.25) is 5.02 Å². The quantitative estimate of drug-likeness (QED) is 0.158. The van der Waals surface area contributed by atoms with Crippen LogP contribution < -0.4 is 10.1 Å². The van der Waals surface area contributed by atoms with Crippen LogP contribution in [0.25, 0.3) is 10.9 Å². The van der Waals surface area contributed by atoms with E-state index < -0.39 is 12.1 Å². The number of hydrogen-bond donors (Lipinski definition) is 2. The van der Waals surface area contributed by atoms with Crippen LogP contribution in [0, 0.1) is 12.8 Å². The van der Waals surface area contributed by atoms with Crippen molar-refractivity contribution < 1.29 is 19.4 Å². The first kappa shape index (κ1) is 31.6. The number of fused-ring (bicyclic) bond motifs is 1. The Kier molecular flexibility index (Phi) is 10.00. The molecule has 1 aromatic heterocycles. The van der Waals surface area contributed by atoms with Gasteiger partial charge in [0.1, 0.15) is 5.75 Å². The molecule has 1 amide bonds. The van der Waals surface area contributed by atoms with Gasteiger partial charge in [0.15, 0.2) is 6.10 Å². The van der Waals surface area contributed by atoms with Gasteiger partial charge >= 0.3 is 5.97 Å². The van der Waals surface area contributed by atoms with Crippen molar-refractivity contribution in [2.45, 2.75) is 91.3 Å². The third kappa shape index (κ3) is 7.13. The van der Waals surface area contributed by atoms with E-state index in [4.69, 9.17) is 16.3 Å². The van der Waals surface area contributed by atoms with E-state index in [0.29, 0.717) is 28.7 Å². The summed E-state index contributed by atoms with van der Waals surface area (Å²) in [7, 11) is 0. The van der Waals surface area contributed by atoms with Gasteiger partial charge in [0.2, 0.25) is 0 Å². The van der Waals surface area contributed by atoms with Crippen LogP contribution >= 0.6 is 11.6 Å². The number of carbonyl (C=O) groups excluding carboxylic acids is 1. The topological polar surface area (TPSA) is 80.6 Å². The number of nitrogens with zero attached hydrogens (tertiary/aromatic N) is 1. The molecule has 1 heterocycles. The first-order chi connectivity index (χ1) is 21.1. The fraction of sp³-hybridized carbons (Fsp3) is 0.405. The summed E-state index contributed by atoms with van der Waals surface area (Å²) in [5, 5.41) is 14.0. The highest BCUT2D eigenvalue weighted by molar-refractivity contribution is 6.32. The molecule has 0 aliphatic heterocycles. The van der Waals surface area contributed by atoms with Crippen molar-refractivity contribution in [1.82, 2.24) is 9.88 Å². The van der Waals surface area contributed by atoms with E-state index in [1.165, 1.54) is 55.8 Å². The smallest absolute Gasteiger partial charge is 0.344 e. The van der Waals surface area contributed by atoms with Gasteiger partial charge in [-0.25, -0.2) is 4.79 Å². The molecule has 1 aliphatic carbocycles. The van der Waals surface area contributed by atoms with Crippen LogP contribution in [0.4, 0.5) is 0 Å². The lowest BCUT2D eigenvalue weighted by molar-refractivity contribution is -0.144. The van der Waals surface area contributed by atoms with Crippen molar-refractivity contribution in [2.75, 3.05) is 0 Å². The molecule has 2 N–H and O–H groups in total. The lowest BCUT2D eigenvalue weighted by atomic mass is 9.85. The summed E-state index contributed by atoms with van der Waals surface area (Å²) < 4.78 is 8.01. The Hall–Kier alpha value is -3.77. The maximum Gasteiger partial charge on any atom is 0.344 e.